The molecule has 0 aromatic heterocycles. The van der Waals surface area contributed by atoms with E-state index in [1.807, 2.05) is 0 Å². The van der Waals surface area contributed by atoms with E-state index in [0.717, 1.165) is 0 Å². The number of carboxylic acids is 4. The van der Waals surface area contributed by atoms with Gasteiger partial charge in [-0.25, -0.2) is 0 Å². The molecule has 0 aliphatic carbocycles. The van der Waals surface area contributed by atoms with Crippen molar-refractivity contribution in [1.82, 2.24) is 0 Å². The first kappa shape index (κ1) is 17.9. The summed E-state index contributed by atoms with van der Waals surface area (Å²) in [4.78, 5) is 42.9. The summed E-state index contributed by atoms with van der Waals surface area (Å²) in [6, 6.07) is 0. The number of hydrogen-bond acceptors (Lipinski definition) is 4. The lowest BCUT2D eigenvalue weighted by molar-refractivity contribution is -0.148. The van der Waals surface area contributed by atoms with Gasteiger partial charge < -0.3 is 20.4 Å². The number of aliphatic carboxylic acids is 4. The molecule has 4 N–H and O–H groups in total. The van der Waals surface area contributed by atoms with Crippen molar-refractivity contribution < 1.29 is 39.6 Å². The maximum atomic E-state index is 10.8. The van der Waals surface area contributed by atoms with Crippen LogP contribution >= 0.6 is 0 Å². The van der Waals surface area contributed by atoms with Crippen LogP contribution in [0.1, 0.15) is 44.9 Å². The lowest BCUT2D eigenvalue weighted by Gasteiger charge is -2.29. The molecule has 8 nitrogen and oxygen atoms in total. The Morgan fingerprint density at radius 2 is 1.05 bits per heavy atom. The molecule has 0 saturated heterocycles. The van der Waals surface area contributed by atoms with Crippen LogP contribution < -0.4 is 0 Å². The van der Waals surface area contributed by atoms with E-state index < -0.39 is 48.6 Å². The largest absolute Gasteiger partial charge is 0.481 e. The van der Waals surface area contributed by atoms with Gasteiger partial charge in [0, 0.05) is 11.8 Å². The molecular weight excluding hydrogens is 272 g/mol. The Bertz CT molecular complexity index is 346. The standard InChI is InChI=1S/C12H18O8/c13-8(14)3-1-2-4-12(5-9(15)16,6-10(17)18)7-11(19)20/h1-7H2,(H,13,14)(H,15,16)(H,17,18)(H,19,20). The van der Waals surface area contributed by atoms with Crippen LogP contribution in [0, 0.1) is 5.41 Å². The molecule has 0 bridgehead atoms. The van der Waals surface area contributed by atoms with Crippen LogP contribution in [0.3, 0.4) is 0 Å². The molecule has 20 heavy (non-hydrogen) atoms. The van der Waals surface area contributed by atoms with E-state index in [-0.39, 0.29) is 25.7 Å². The van der Waals surface area contributed by atoms with E-state index in [4.69, 9.17) is 20.4 Å². The fourth-order valence-electron chi connectivity index (χ4n) is 2.19. The fourth-order valence-corrected chi connectivity index (χ4v) is 2.19. The summed E-state index contributed by atoms with van der Waals surface area (Å²) in [6.07, 6.45) is -1.28. The zero-order chi connectivity index (χ0) is 15.8. The minimum atomic E-state index is -1.39. The molecule has 0 unspecified atom stereocenters. The van der Waals surface area contributed by atoms with Crippen molar-refractivity contribution in [2.45, 2.75) is 44.9 Å². The minimum Gasteiger partial charge on any atom is -0.481 e. The first-order valence-corrected chi connectivity index (χ1v) is 6.04. The van der Waals surface area contributed by atoms with Crippen molar-refractivity contribution in [2.24, 2.45) is 5.41 Å². The number of hydrogen-bond donors (Lipinski definition) is 4. The molecule has 0 atom stereocenters. The van der Waals surface area contributed by atoms with Gasteiger partial charge >= 0.3 is 23.9 Å². The van der Waals surface area contributed by atoms with Crippen LogP contribution in [0.2, 0.25) is 0 Å². The maximum Gasteiger partial charge on any atom is 0.303 e. The molecule has 0 saturated carbocycles. The van der Waals surface area contributed by atoms with Gasteiger partial charge in [-0.3, -0.25) is 19.2 Å². The lowest BCUT2D eigenvalue weighted by atomic mass is 9.74. The van der Waals surface area contributed by atoms with E-state index in [2.05, 4.69) is 0 Å². The van der Waals surface area contributed by atoms with E-state index in [1.165, 1.54) is 0 Å². The molecule has 0 heterocycles. The maximum absolute atomic E-state index is 10.8. The summed E-state index contributed by atoms with van der Waals surface area (Å²) >= 11 is 0. The minimum absolute atomic E-state index is 0.0468. The van der Waals surface area contributed by atoms with E-state index in [1.54, 1.807) is 0 Å². The zero-order valence-electron chi connectivity index (χ0n) is 10.9. The van der Waals surface area contributed by atoms with Gasteiger partial charge in [0.2, 0.25) is 0 Å². The molecule has 0 radical (unpaired) electrons. The summed E-state index contributed by atoms with van der Waals surface area (Å²) in [5.41, 5.74) is -1.39. The quantitative estimate of drug-likeness (QED) is 0.412. The van der Waals surface area contributed by atoms with Crippen LogP contribution in [-0.2, 0) is 19.2 Å². The Kier molecular flexibility index (Phi) is 7.27. The second kappa shape index (κ2) is 8.13. The van der Waals surface area contributed by atoms with E-state index >= 15 is 0 Å². The Labute approximate surface area is 115 Å². The third-order valence-electron chi connectivity index (χ3n) is 2.93. The molecule has 0 aromatic rings. The van der Waals surface area contributed by atoms with Crippen molar-refractivity contribution in [1.29, 1.82) is 0 Å². The molecule has 0 aliphatic heterocycles. The van der Waals surface area contributed by atoms with Crippen molar-refractivity contribution in [2.75, 3.05) is 0 Å². The van der Waals surface area contributed by atoms with Gasteiger partial charge in [0.25, 0.3) is 0 Å². The van der Waals surface area contributed by atoms with Gasteiger partial charge in [-0.2, -0.15) is 0 Å². The molecule has 0 aromatic carbocycles. The third-order valence-corrected chi connectivity index (χ3v) is 2.93. The molecule has 0 amide bonds. The summed E-state index contributed by atoms with van der Waals surface area (Å²) < 4.78 is 0. The van der Waals surface area contributed by atoms with Crippen LogP contribution in [0.5, 0.6) is 0 Å². The lowest BCUT2D eigenvalue weighted by Crippen LogP contribution is -2.30. The van der Waals surface area contributed by atoms with Gasteiger partial charge in [-0.1, -0.05) is 6.42 Å². The number of unbranched alkanes of at least 4 members (excludes halogenated alkanes) is 1. The highest BCUT2D eigenvalue weighted by Crippen LogP contribution is 2.37. The van der Waals surface area contributed by atoms with Crippen LogP contribution in [-0.4, -0.2) is 44.3 Å². The van der Waals surface area contributed by atoms with Crippen molar-refractivity contribution in [3.63, 3.8) is 0 Å². The number of carbonyl (C=O) groups is 4. The molecule has 0 fully saturated rings. The predicted octanol–water partition coefficient (Wildman–Crippen LogP) is 1.04. The fraction of sp³-hybridized carbons (Fsp3) is 0.667. The van der Waals surface area contributed by atoms with Gasteiger partial charge in [0.05, 0.1) is 19.3 Å². The van der Waals surface area contributed by atoms with Crippen LogP contribution in [0.25, 0.3) is 0 Å². The Hall–Kier alpha value is -2.12. The molecule has 0 aliphatic rings. The van der Waals surface area contributed by atoms with Crippen LogP contribution in [0.4, 0.5) is 0 Å². The topological polar surface area (TPSA) is 149 Å². The van der Waals surface area contributed by atoms with E-state index in [9.17, 15) is 19.2 Å². The van der Waals surface area contributed by atoms with Crippen molar-refractivity contribution >= 4 is 23.9 Å². The second-order valence-corrected chi connectivity index (χ2v) is 4.81. The molecule has 0 rings (SSSR count). The summed E-state index contributed by atoms with van der Waals surface area (Å²) in [6.45, 7) is 0. The normalized spacial score (nSPS) is 11.0. The second-order valence-electron chi connectivity index (χ2n) is 4.81. The smallest absolute Gasteiger partial charge is 0.303 e. The Morgan fingerprint density at radius 3 is 1.35 bits per heavy atom. The third kappa shape index (κ3) is 8.06. The SMILES string of the molecule is O=C(O)CCCCC(CC(=O)O)(CC(=O)O)CC(=O)O. The first-order valence-electron chi connectivity index (χ1n) is 6.04. The van der Waals surface area contributed by atoms with Gasteiger partial charge in [0.15, 0.2) is 0 Å². The summed E-state index contributed by atoms with van der Waals surface area (Å²) in [5, 5.41) is 35.0. The number of rotatable bonds is 11. The molecule has 0 spiro atoms. The average molecular weight is 290 g/mol. The van der Waals surface area contributed by atoms with Crippen LogP contribution in [0.15, 0.2) is 0 Å². The monoisotopic (exact) mass is 290 g/mol. The summed E-state index contributed by atoms with van der Waals surface area (Å²) in [5.74, 6) is -4.83. The first-order chi connectivity index (χ1) is 9.17. The highest BCUT2D eigenvalue weighted by molar-refractivity contribution is 5.75. The van der Waals surface area contributed by atoms with Gasteiger partial charge in [-0.05, 0) is 12.8 Å². The number of carboxylic acid groups (broad SMARTS) is 4. The molecule has 8 heteroatoms. The van der Waals surface area contributed by atoms with E-state index in [0.29, 0.717) is 0 Å². The zero-order valence-corrected chi connectivity index (χ0v) is 10.9. The molecular formula is C12H18O8. The summed E-state index contributed by atoms with van der Waals surface area (Å²) in [7, 11) is 0. The van der Waals surface area contributed by atoms with Gasteiger partial charge in [0.1, 0.15) is 0 Å². The highest BCUT2D eigenvalue weighted by atomic mass is 16.4. The van der Waals surface area contributed by atoms with Gasteiger partial charge in [-0.15, -0.1) is 0 Å². The molecule has 114 valence electrons. The Morgan fingerprint density at radius 1 is 0.650 bits per heavy atom. The Balaban J connectivity index is 4.85. The average Bonchev–Trinajstić information content (AvgIpc) is 2.20. The van der Waals surface area contributed by atoms with Crippen molar-refractivity contribution in [3.05, 3.63) is 0 Å². The predicted molar refractivity (Wildman–Crippen MR) is 65.3 cm³/mol. The highest BCUT2D eigenvalue weighted by Gasteiger charge is 2.37. The van der Waals surface area contributed by atoms with Crippen molar-refractivity contribution in [3.8, 4) is 0 Å².